The van der Waals surface area contributed by atoms with Crippen LogP contribution in [0.4, 0.5) is 0 Å². The highest BCUT2D eigenvalue weighted by Gasteiger charge is 2.24. The third-order valence-corrected chi connectivity index (χ3v) is 3.37. The number of unbranched alkanes of at least 4 members (excludes halogenated alkanes) is 1. The summed E-state index contributed by atoms with van der Waals surface area (Å²) in [7, 11) is 0. The van der Waals surface area contributed by atoms with Gasteiger partial charge in [-0.05, 0) is 24.7 Å². The Balaban J connectivity index is 4.07. The molecule has 0 rings (SSSR count). The van der Waals surface area contributed by atoms with Crippen molar-refractivity contribution in [1.29, 1.82) is 0 Å². The minimum atomic E-state index is 0.694. The normalized spacial score (nSPS) is 12.0. The average molecular weight is 184 g/mol. The Morgan fingerprint density at radius 2 is 1.23 bits per heavy atom. The molecule has 80 valence electrons. The van der Waals surface area contributed by atoms with Gasteiger partial charge in [0.15, 0.2) is 0 Å². The smallest absolute Gasteiger partial charge is 0.0300 e. The number of hydrogen-bond donors (Lipinski definition) is 0. The van der Waals surface area contributed by atoms with Gasteiger partial charge in [0.2, 0.25) is 0 Å². The van der Waals surface area contributed by atoms with Crippen LogP contribution < -0.4 is 0 Å². The van der Waals surface area contributed by atoms with Crippen molar-refractivity contribution in [2.45, 2.75) is 79.1 Å². The van der Waals surface area contributed by atoms with Crippen LogP contribution in [0.15, 0.2) is 0 Å². The van der Waals surface area contributed by atoms with Crippen molar-refractivity contribution >= 4 is 0 Å². The molecule has 13 heavy (non-hydrogen) atoms. The Bertz CT molecular complexity index is 98.6. The molecule has 0 N–H and O–H groups in total. The predicted octanol–water partition coefficient (Wildman–Crippen LogP) is 5.17. The maximum absolute atomic E-state index is 2.38. The zero-order valence-electron chi connectivity index (χ0n) is 10.2. The van der Waals surface area contributed by atoms with Gasteiger partial charge in [0.05, 0.1) is 0 Å². The fraction of sp³-hybridized carbons (Fsp3) is 1.00. The van der Waals surface area contributed by atoms with Gasteiger partial charge in [-0.25, -0.2) is 0 Å². The van der Waals surface area contributed by atoms with E-state index in [0.717, 1.165) is 0 Å². The second-order valence-electron chi connectivity index (χ2n) is 4.46. The summed E-state index contributed by atoms with van der Waals surface area (Å²) in [5.74, 6) is 0. The summed E-state index contributed by atoms with van der Waals surface area (Å²) in [6.45, 7) is 9.33. The molecule has 0 bridgehead atoms. The summed E-state index contributed by atoms with van der Waals surface area (Å²) < 4.78 is 0. The van der Waals surface area contributed by atoms with Crippen LogP contribution >= 0.6 is 0 Å². The van der Waals surface area contributed by atoms with Crippen LogP contribution in [0.3, 0.4) is 0 Å². The molecule has 0 saturated carbocycles. The SMILES string of the molecule is CCCCC(CC)(CCC)CCC. The van der Waals surface area contributed by atoms with E-state index >= 15 is 0 Å². The lowest BCUT2D eigenvalue weighted by Crippen LogP contribution is -2.19. The maximum Gasteiger partial charge on any atom is -0.0300 e. The summed E-state index contributed by atoms with van der Waals surface area (Å²) in [5.41, 5.74) is 0.694. The Labute approximate surface area is 85.1 Å². The molecule has 0 spiro atoms. The average Bonchev–Trinajstić information content (AvgIpc) is 2.15. The Hall–Kier alpha value is 0. The molecule has 0 aliphatic heterocycles. The summed E-state index contributed by atoms with van der Waals surface area (Å²) in [4.78, 5) is 0. The molecule has 0 atom stereocenters. The summed E-state index contributed by atoms with van der Waals surface area (Å²) in [6, 6.07) is 0. The highest BCUT2D eigenvalue weighted by atomic mass is 14.3. The Morgan fingerprint density at radius 1 is 0.692 bits per heavy atom. The van der Waals surface area contributed by atoms with Crippen molar-refractivity contribution in [1.82, 2.24) is 0 Å². The van der Waals surface area contributed by atoms with Crippen LogP contribution in [0.5, 0.6) is 0 Å². The summed E-state index contributed by atoms with van der Waals surface area (Å²) in [5, 5.41) is 0. The van der Waals surface area contributed by atoms with Crippen molar-refractivity contribution < 1.29 is 0 Å². The fourth-order valence-electron chi connectivity index (χ4n) is 2.52. The monoisotopic (exact) mass is 184 g/mol. The Morgan fingerprint density at radius 3 is 1.54 bits per heavy atom. The first kappa shape index (κ1) is 13.0. The van der Waals surface area contributed by atoms with Gasteiger partial charge in [-0.3, -0.25) is 0 Å². The molecule has 0 nitrogen and oxygen atoms in total. The topological polar surface area (TPSA) is 0 Å². The van der Waals surface area contributed by atoms with E-state index in [2.05, 4.69) is 27.7 Å². The van der Waals surface area contributed by atoms with Gasteiger partial charge in [0.1, 0.15) is 0 Å². The van der Waals surface area contributed by atoms with Gasteiger partial charge in [-0.15, -0.1) is 0 Å². The van der Waals surface area contributed by atoms with Crippen molar-refractivity contribution in [2.24, 2.45) is 5.41 Å². The van der Waals surface area contributed by atoms with E-state index < -0.39 is 0 Å². The molecule has 0 aromatic rings. The highest BCUT2D eigenvalue weighted by molar-refractivity contribution is 4.76. The van der Waals surface area contributed by atoms with Gasteiger partial charge >= 0.3 is 0 Å². The summed E-state index contributed by atoms with van der Waals surface area (Å²) in [6.07, 6.45) is 11.2. The van der Waals surface area contributed by atoms with E-state index in [1.165, 1.54) is 51.4 Å². The van der Waals surface area contributed by atoms with Gasteiger partial charge in [0.25, 0.3) is 0 Å². The molecule has 0 heterocycles. The molecular weight excluding hydrogens is 156 g/mol. The third-order valence-electron chi connectivity index (χ3n) is 3.37. The van der Waals surface area contributed by atoms with E-state index in [9.17, 15) is 0 Å². The quantitative estimate of drug-likeness (QED) is 0.488. The van der Waals surface area contributed by atoms with Crippen LogP contribution in [0.1, 0.15) is 79.1 Å². The first-order valence-corrected chi connectivity index (χ1v) is 6.24. The zero-order valence-corrected chi connectivity index (χ0v) is 10.2. The third kappa shape index (κ3) is 4.69. The first-order valence-electron chi connectivity index (χ1n) is 6.24. The van der Waals surface area contributed by atoms with Crippen LogP contribution in [0.2, 0.25) is 0 Å². The van der Waals surface area contributed by atoms with Crippen LogP contribution in [-0.2, 0) is 0 Å². The van der Waals surface area contributed by atoms with Gasteiger partial charge < -0.3 is 0 Å². The van der Waals surface area contributed by atoms with E-state index in [1.807, 2.05) is 0 Å². The Kier molecular flexibility index (Phi) is 7.41. The number of rotatable bonds is 8. The minimum Gasteiger partial charge on any atom is -0.0654 e. The van der Waals surface area contributed by atoms with Gasteiger partial charge in [0, 0.05) is 0 Å². The van der Waals surface area contributed by atoms with Crippen LogP contribution in [0.25, 0.3) is 0 Å². The lowest BCUT2D eigenvalue weighted by Gasteiger charge is -2.32. The molecule has 0 aromatic carbocycles. The molecule has 0 heteroatoms. The van der Waals surface area contributed by atoms with Crippen molar-refractivity contribution in [2.75, 3.05) is 0 Å². The molecule has 0 aliphatic rings. The zero-order chi connectivity index (χ0) is 10.2. The molecule has 0 saturated heterocycles. The van der Waals surface area contributed by atoms with Crippen LogP contribution in [-0.4, -0.2) is 0 Å². The second kappa shape index (κ2) is 7.41. The molecular formula is C13H28. The molecule has 0 amide bonds. The standard InChI is InChI=1S/C13H28/c1-5-9-12-13(8-4,10-6-2)11-7-3/h5-12H2,1-4H3. The lowest BCUT2D eigenvalue weighted by molar-refractivity contribution is 0.198. The molecule has 0 aromatic heterocycles. The van der Waals surface area contributed by atoms with Crippen molar-refractivity contribution in [3.63, 3.8) is 0 Å². The first-order chi connectivity index (χ1) is 6.24. The van der Waals surface area contributed by atoms with Gasteiger partial charge in [-0.1, -0.05) is 59.8 Å². The van der Waals surface area contributed by atoms with Gasteiger partial charge in [-0.2, -0.15) is 0 Å². The van der Waals surface area contributed by atoms with Crippen molar-refractivity contribution in [3.05, 3.63) is 0 Å². The number of hydrogen-bond acceptors (Lipinski definition) is 0. The molecule has 0 aliphatic carbocycles. The van der Waals surface area contributed by atoms with E-state index in [-0.39, 0.29) is 0 Å². The fourth-order valence-corrected chi connectivity index (χ4v) is 2.52. The minimum absolute atomic E-state index is 0.694. The highest BCUT2D eigenvalue weighted by Crippen LogP contribution is 2.38. The van der Waals surface area contributed by atoms with Crippen LogP contribution in [0, 0.1) is 5.41 Å². The van der Waals surface area contributed by atoms with Crippen molar-refractivity contribution in [3.8, 4) is 0 Å². The lowest BCUT2D eigenvalue weighted by atomic mass is 9.73. The second-order valence-corrected chi connectivity index (χ2v) is 4.46. The predicted molar refractivity (Wildman–Crippen MR) is 62.1 cm³/mol. The largest absolute Gasteiger partial charge is 0.0654 e. The molecule has 0 fully saturated rings. The van der Waals surface area contributed by atoms with E-state index in [0.29, 0.717) is 5.41 Å². The van der Waals surface area contributed by atoms with E-state index in [1.54, 1.807) is 0 Å². The summed E-state index contributed by atoms with van der Waals surface area (Å²) >= 11 is 0. The molecule has 0 radical (unpaired) electrons. The van der Waals surface area contributed by atoms with E-state index in [4.69, 9.17) is 0 Å². The maximum atomic E-state index is 2.38. The molecule has 0 unspecified atom stereocenters.